The van der Waals surface area contributed by atoms with Gasteiger partial charge in [0.05, 0.1) is 17.5 Å². The average molecular weight is 271 g/mol. The molecule has 0 fully saturated rings. The molecule has 0 bridgehead atoms. The third-order valence-corrected chi connectivity index (χ3v) is 3.74. The van der Waals surface area contributed by atoms with Gasteiger partial charge in [-0.3, -0.25) is 0 Å². The molecule has 0 N–H and O–H groups in total. The van der Waals surface area contributed by atoms with E-state index in [0.717, 1.165) is 18.6 Å². The molecule has 17 heavy (non-hydrogen) atoms. The summed E-state index contributed by atoms with van der Waals surface area (Å²) in [4.78, 5) is 0. The van der Waals surface area contributed by atoms with E-state index >= 15 is 0 Å². The van der Waals surface area contributed by atoms with Crippen molar-refractivity contribution in [2.24, 2.45) is 0 Å². The van der Waals surface area contributed by atoms with Crippen molar-refractivity contribution in [1.82, 2.24) is 0 Å². The van der Waals surface area contributed by atoms with Crippen molar-refractivity contribution < 1.29 is 4.74 Å². The van der Waals surface area contributed by atoms with Gasteiger partial charge in [-0.25, -0.2) is 0 Å². The number of alkyl halides is 1. The molecule has 0 aromatic heterocycles. The zero-order valence-electron chi connectivity index (χ0n) is 9.88. The Morgan fingerprint density at radius 3 is 2.88 bits per heavy atom. The third-order valence-electron chi connectivity index (χ3n) is 3.08. The minimum atomic E-state index is 0.147. The fourth-order valence-corrected chi connectivity index (χ4v) is 2.64. The minimum Gasteiger partial charge on any atom is -0.495 e. The van der Waals surface area contributed by atoms with Crippen molar-refractivity contribution >= 4 is 28.8 Å². The number of methoxy groups -OCH3 is 1. The standard InChI is InChI=1S/C14H16Cl2O/c1-17-14-9-11(6-7-13(14)16)10-4-2-3-5-12(15)8-10/h6-9,12H,2-5H2,1H3. The number of benzene rings is 1. The Kier molecular flexibility index (Phi) is 4.36. The second-order valence-electron chi connectivity index (χ2n) is 4.30. The highest BCUT2D eigenvalue weighted by Crippen LogP contribution is 2.32. The van der Waals surface area contributed by atoms with Crippen molar-refractivity contribution in [3.8, 4) is 5.75 Å². The van der Waals surface area contributed by atoms with Crippen LogP contribution in [-0.4, -0.2) is 12.5 Å². The minimum absolute atomic E-state index is 0.147. The van der Waals surface area contributed by atoms with Crippen molar-refractivity contribution in [1.29, 1.82) is 0 Å². The highest BCUT2D eigenvalue weighted by atomic mass is 35.5. The van der Waals surface area contributed by atoms with E-state index in [9.17, 15) is 0 Å². The number of allylic oxidation sites excluding steroid dienone is 2. The molecule has 0 saturated heterocycles. The van der Waals surface area contributed by atoms with Gasteiger partial charge in [0.15, 0.2) is 0 Å². The lowest BCUT2D eigenvalue weighted by Gasteiger charge is -2.09. The normalized spacial score (nSPS) is 20.6. The van der Waals surface area contributed by atoms with E-state index < -0.39 is 0 Å². The van der Waals surface area contributed by atoms with Crippen LogP contribution in [0.5, 0.6) is 5.75 Å². The van der Waals surface area contributed by atoms with Crippen LogP contribution in [0.3, 0.4) is 0 Å². The van der Waals surface area contributed by atoms with E-state index in [2.05, 4.69) is 6.08 Å². The lowest BCUT2D eigenvalue weighted by atomic mass is 10.0. The summed E-state index contributed by atoms with van der Waals surface area (Å²) in [5.74, 6) is 0.723. The van der Waals surface area contributed by atoms with Gasteiger partial charge in [0.2, 0.25) is 0 Å². The SMILES string of the molecule is COc1cc(C2=CC(Cl)CCCC2)ccc1Cl. The molecule has 0 aliphatic heterocycles. The van der Waals surface area contributed by atoms with Crippen molar-refractivity contribution in [3.05, 3.63) is 34.9 Å². The molecule has 0 spiro atoms. The van der Waals surface area contributed by atoms with Crippen LogP contribution in [0.15, 0.2) is 24.3 Å². The molecule has 1 nitrogen and oxygen atoms in total. The van der Waals surface area contributed by atoms with Gasteiger partial charge < -0.3 is 4.74 Å². The summed E-state index contributed by atoms with van der Waals surface area (Å²) in [7, 11) is 1.64. The summed E-state index contributed by atoms with van der Waals surface area (Å²) in [6.07, 6.45) is 6.69. The number of rotatable bonds is 2. The number of halogens is 2. The van der Waals surface area contributed by atoms with Gasteiger partial charge in [-0.2, -0.15) is 0 Å². The summed E-state index contributed by atoms with van der Waals surface area (Å²) in [6, 6.07) is 5.90. The predicted molar refractivity (Wildman–Crippen MR) is 74.1 cm³/mol. The van der Waals surface area contributed by atoms with Crippen molar-refractivity contribution in [3.63, 3.8) is 0 Å². The van der Waals surface area contributed by atoms with Crippen LogP contribution in [-0.2, 0) is 0 Å². The molecular weight excluding hydrogens is 255 g/mol. The Morgan fingerprint density at radius 1 is 1.29 bits per heavy atom. The highest BCUT2D eigenvalue weighted by molar-refractivity contribution is 6.32. The van der Waals surface area contributed by atoms with Gasteiger partial charge in [0.25, 0.3) is 0 Å². The summed E-state index contributed by atoms with van der Waals surface area (Å²) in [5.41, 5.74) is 2.47. The van der Waals surface area contributed by atoms with Gasteiger partial charge in [-0.05, 0) is 42.5 Å². The molecule has 92 valence electrons. The molecule has 1 unspecified atom stereocenters. The maximum Gasteiger partial charge on any atom is 0.138 e. The third kappa shape index (κ3) is 3.17. The molecular formula is C14H16Cl2O. The quantitative estimate of drug-likeness (QED) is 0.694. The van der Waals surface area contributed by atoms with Gasteiger partial charge in [0.1, 0.15) is 5.75 Å². The zero-order valence-corrected chi connectivity index (χ0v) is 11.4. The Bertz CT molecular complexity index is 426. The van der Waals surface area contributed by atoms with Crippen LogP contribution in [0, 0.1) is 0 Å². The fourth-order valence-electron chi connectivity index (χ4n) is 2.14. The van der Waals surface area contributed by atoms with Crippen molar-refractivity contribution in [2.45, 2.75) is 31.1 Å². The lowest BCUT2D eigenvalue weighted by Crippen LogP contribution is -1.92. The Hall–Kier alpha value is -0.660. The van der Waals surface area contributed by atoms with Crippen LogP contribution in [0.25, 0.3) is 5.57 Å². The molecule has 1 aromatic carbocycles. The van der Waals surface area contributed by atoms with Crippen LogP contribution in [0.4, 0.5) is 0 Å². The fraction of sp³-hybridized carbons (Fsp3) is 0.429. The monoisotopic (exact) mass is 270 g/mol. The van der Waals surface area contributed by atoms with Crippen molar-refractivity contribution in [2.75, 3.05) is 7.11 Å². The lowest BCUT2D eigenvalue weighted by molar-refractivity contribution is 0.415. The smallest absolute Gasteiger partial charge is 0.138 e. The van der Waals surface area contributed by atoms with E-state index in [1.54, 1.807) is 7.11 Å². The number of hydrogen-bond donors (Lipinski definition) is 0. The second kappa shape index (κ2) is 5.79. The van der Waals surface area contributed by atoms with Gasteiger partial charge in [0, 0.05) is 0 Å². The summed E-state index contributed by atoms with van der Waals surface area (Å²) >= 11 is 12.3. The maximum absolute atomic E-state index is 6.24. The van der Waals surface area contributed by atoms with E-state index in [1.807, 2.05) is 18.2 Å². The number of ether oxygens (including phenoxy) is 1. The van der Waals surface area contributed by atoms with Gasteiger partial charge in [-0.15, -0.1) is 11.6 Å². The molecule has 1 aliphatic rings. The van der Waals surface area contributed by atoms with Crippen LogP contribution < -0.4 is 4.74 Å². The first-order valence-corrected chi connectivity index (χ1v) is 6.71. The molecule has 2 rings (SSSR count). The van der Waals surface area contributed by atoms with Crippen LogP contribution in [0.1, 0.15) is 31.2 Å². The molecule has 0 saturated carbocycles. The second-order valence-corrected chi connectivity index (χ2v) is 5.27. The van der Waals surface area contributed by atoms with E-state index in [1.165, 1.54) is 24.0 Å². The van der Waals surface area contributed by atoms with E-state index in [-0.39, 0.29) is 5.38 Å². The van der Waals surface area contributed by atoms with Gasteiger partial charge in [-0.1, -0.05) is 30.2 Å². The Balaban J connectivity index is 2.32. The zero-order chi connectivity index (χ0) is 12.3. The first-order chi connectivity index (χ1) is 8.20. The Labute approximate surface area is 112 Å². The molecule has 1 aromatic rings. The summed E-state index contributed by atoms with van der Waals surface area (Å²) in [6.45, 7) is 0. The predicted octanol–water partition coefficient (Wildman–Crippen LogP) is 4.91. The molecule has 3 heteroatoms. The van der Waals surface area contributed by atoms with E-state index in [0.29, 0.717) is 5.02 Å². The summed E-state index contributed by atoms with van der Waals surface area (Å²) < 4.78 is 5.24. The number of hydrogen-bond acceptors (Lipinski definition) is 1. The summed E-state index contributed by atoms with van der Waals surface area (Å²) in [5, 5.41) is 0.794. The highest BCUT2D eigenvalue weighted by Gasteiger charge is 2.12. The first kappa shape index (κ1) is 12.8. The molecule has 1 aliphatic carbocycles. The maximum atomic E-state index is 6.24. The molecule has 0 radical (unpaired) electrons. The van der Waals surface area contributed by atoms with E-state index in [4.69, 9.17) is 27.9 Å². The molecule has 0 heterocycles. The molecule has 0 amide bonds. The first-order valence-electron chi connectivity index (χ1n) is 5.89. The van der Waals surface area contributed by atoms with Gasteiger partial charge >= 0.3 is 0 Å². The Morgan fingerprint density at radius 2 is 2.12 bits per heavy atom. The van der Waals surface area contributed by atoms with Crippen LogP contribution >= 0.6 is 23.2 Å². The molecule has 1 atom stereocenters. The van der Waals surface area contributed by atoms with Crippen LogP contribution in [0.2, 0.25) is 5.02 Å². The largest absolute Gasteiger partial charge is 0.495 e. The topological polar surface area (TPSA) is 9.23 Å². The average Bonchev–Trinajstić information content (AvgIpc) is 2.54.